The summed E-state index contributed by atoms with van der Waals surface area (Å²) in [4.78, 5) is 109. The summed E-state index contributed by atoms with van der Waals surface area (Å²) in [5.74, 6) is -4.45. The zero-order chi connectivity index (χ0) is 41.7. The molecule has 0 saturated carbocycles. The SMILES string of the molecule is CNCC(=O)ON1OC(=O)CNCCN(CC(=O)NCCCCCC(=O)NNc2ccc(C(=O)N[C@H](C)C(=O)N3CCC[C@H]3B(O)O)cn2)CCN(I)CC(=O)O1. The highest BCUT2D eigenvalue weighted by molar-refractivity contribution is 14.1. The Balaban J connectivity index is 1.30. The first kappa shape index (κ1) is 47.1. The molecule has 2 atom stereocenters. The van der Waals surface area contributed by atoms with E-state index in [1.807, 2.05) is 27.8 Å². The van der Waals surface area contributed by atoms with Gasteiger partial charge in [-0.2, -0.15) is 0 Å². The van der Waals surface area contributed by atoms with Crippen LogP contribution in [-0.2, 0) is 43.3 Å². The van der Waals surface area contributed by atoms with E-state index in [0.29, 0.717) is 71.4 Å². The quantitative estimate of drug-likeness (QED) is 0.0251. The fourth-order valence-corrected chi connectivity index (χ4v) is 6.04. The number of nitrogens with zero attached hydrogens (tertiary/aromatic N) is 5. The molecule has 0 aromatic carbocycles. The summed E-state index contributed by atoms with van der Waals surface area (Å²) in [7, 11) is -0.148. The van der Waals surface area contributed by atoms with Gasteiger partial charge < -0.3 is 36.2 Å². The molecule has 0 aliphatic carbocycles. The third-order valence-corrected chi connectivity index (χ3v) is 9.28. The Morgan fingerprint density at radius 1 is 1.05 bits per heavy atom. The number of amides is 4. The Kier molecular flexibility index (Phi) is 20.8. The van der Waals surface area contributed by atoms with Crippen molar-refractivity contribution < 1.29 is 58.1 Å². The maximum absolute atomic E-state index is 12.7. The van der Waals surface area contributed by atoms with E-state index < -0.39 is 48.8 Å². The van der Waals surface area contributed by atoms with Crippen molar-refractivity contribution in [2.24, 2.45) is 0 Å². The monoisotopic (exact) mass is 919 g/mol. The van der Waals surface area contributed by atoms with Gasteiger partial charge >= 0.3 is 25.0 Å². The van der Waals surface area contributed by atoms with Crippen LogP contribution in [-0.4, -0.2) is 166 Å². The molecule has 57 heavy (non-hydrogen) atoms. The third kappa shape index (κ3) is 17.8. The van der Waals surface area contributed by atoms with Gasteiger partial charge in [-0.1, -0.05) is 6.42 Å². The van der Waals surface area contributed by atoms with Crippen LogP contribution in [0, 0.1) is 0 Å². The van der Waals surface area contributed by atoms with Gasteiger partial charge in [0.25, 0.3) is 5.91 Å². The molecular formula is C32H51BIN11O12. The molecule has 0 bridgehead atoms. The molecule has 3 heterocycles. The molecule has 2 saturated heterocycles. The average Bonchev–Trinajstić information content (AvgIpc) is 3.66. The van der Waals surface area contributed by atoms with E-state index in [9.17, 15) is 43.6 Å². The van der Waals surface area contributed by atoms with Gasteiger partial charge in [0.05, 0.1) is 31.1 Å². The smallest absolute Gasteiger partial charge is 0.426 e. The maximum atomic E-state index is 12.7. The fraction of sp³-hybridized carbons (Fsp3) is 0.625. The van der Waals surface area contributed by atoms with Crippen LogP contribution in [0.2, 0.25) is 0 Å². The summed E-state index contributed by atoms with van der Waals surface area (Å²) in [5, 5.41) is 30.0. The Morgan fingerprint density at radius 2 is 1.82 bits per heavy atom. The van der Waals surface area contributed by atoms with E-state index in [1.165, 1.54) is 37.2 Å². The van der Waals surface area contributed by atoms with Gasteiger partial charge in [-0.25, -0.2) is 22.5 Å². The van der Waals surface area contributed by atoms with E-state index in [1.54, 1.807) is 3.11 Å². The Morgan fingerprint density at radius 3 is 2.54 bits per heavy atom. The first-order valence-electron chi connectivity index (χ1n) is 18.4. The Hall–Kier alpha value is -4.25. The normalized spacial score (nSPS) is 18.3. The predicted octanol–water partition coefficient (Wildman–Crippen LogP) is -3.22. The zero-order valence-electron chi connectivity index (χ0n) is 31.9. The summed E-state index contributed by atoms with van der Waals surface area (Å²) in [6.45, 7) is 3.13. The molecule has 0 unspecified atom stereocenters. The van der Waals surface area contributed by atoms with Gasteiger partial charge in [0.2, 0.25) is 23.1 Å². The second-order valence-electron chi connectivity index (χ2n) is 13.1. The lowest BCUT2D eigenvalue weighted by molar-refractivity contribution is -0.463. The maximum Gasteiger partial charge on any atom is 0.475 e. The van der Waals surface area contributed by atoms with Crippen molar-refractivity contribution in [1.29, 1.82) is 0 Å². The van der Waals surface area contributed by atoms with Crippen molar-refractivity contribution in [3.63, 3.8) is 0 Å². The van der Waals surface area contributed by atoms with Crippen LogP contribution >= 0.6 is 22.9 Å². The molecule has 2 aliphatic heterocycles. The number of likely N-dealkylation sites (tertiary alicyclic amines) is 1. The average molecular weight is 920 g/mol. The minimum absolute atomic E-state index is 0.0686. The van der Waals surface area contributed by atoms with Gasteiger partial charge in [0, 0.05) is 74.8 Å². The van der Waals surface area contributed by atoms with Crippen LogP contribution in [0.1, 0.15) is 55.8 Å². The fourth-order valence-electron chi connectivity index (χ4n) is 5.55. The van der Waals surface area contributed by atoms with E-state index in [2.05, 4.69) is 37.1 Å². The first-order chi connectivity index (χ1) is 27.2. The summed E-state index contributed by atoms with van der Waals surface area (Å²) < 4.78 is 1.60. The molecule has 25 heteroatoms. The topological polar surface area (TPSA) is 286 Å². The largest absolute Gasteiger partial charge is 0.475 e. The highest BCUT2D eigenvalue weighted by Gasteiger charge is 2.38. The molecule has 2 aliphatic rings. The van der Waals surface area contributed by atoms with Crippen molar-refractivity contribution in [3.05, 3.63) is 23.9 Å². The van der Waals surface area contributed by atoms with Crippen molar-refractivity contribution in [1.82, 2.24) is 50.0 Å². The summed E-state index contributed by atoms with van der Waals surface area (Å²) in [5.41, 5.74) is 5.42. The molecule has 4 amide bonds. The van der Waals surface area contributed by atoms with Crippen LogP contribution < -0.4 is 32.1 Å². The summed E-state index contributed by atoms with van der Waals surface area (Å²) in [6, 6.07) is 2.08. The second kappa shape index (κ2) is 25.2. The van der Waals surface area contributed by atoms with Crippen molar-refractivity contribution in [3.8, 4) is 0 Å². The van der Waals surface area contributed by atoms with E-state index >= 15 is 0 Å². The highest BCUT2D eigenvalue weighted by Crippen LogP contribution is 2.19. The number of hydrazine groups is 1. The standard InChI is InChI=1S/C32H51BIN11O12/c1-22(32(52)44-13-6-7-24(44)33(53)54)39-31(51)23-9-10-25(38-17-23)40-41-26(46)8-4-3-5-11-37-27(47)20-42-14-12-36-19-29(49)56-45(55-28(48)18-35-2)57-30(50)21-43(34)16-15-42/h9-10,17,22,24,35-36,53-54H,3-8,11-16,18-21H2,1-2H3,(H,37,47)(H,38,40)(H,39,51)(H,41,46)/t22-,24+/m1/s1. The van der Waals surface area contributed by atoms with Crippen LogP contribution in [0.4, 0.5) is 5.82 Å². The van der Waals surface area contributed by atoms with Crippen molar-refractivity contribution >= 4 is 77.3 Å². The summed E-state index contributed by atoms with van der Waals surface area (Å²) in [6.07, 6.45) is 4.48. The van der Waals surface area contributed by atoms with Crippen LogP contribution in [0.3, 0.4) is 0 Å². The highest BCUT2D eigenvalue weighted by atomic mass is 127. The van der Waals surface area contributed by atoms with Gasteiger partial charge in [-0.05, 0) is 51.8 Å². The number of likely N-dealkylation sites (N-methyl/N-ethyl adjacent to an activating group) is 1. The molecule has 0 spiro atoms. The number of anilines is 1. The first-order valence-corrected chi connectivity index (χ1v) is 19.4. The van der Waals surface area contributed by atoms with Crippen molar-refractivity contribution in [2.75, 3.05) is 77.9 Å². The van der Waals surface area contributed by atoms with Crippen LogP contribution in [0.5, 0.6) is 0 Å². The van der Waals surface area contributed by atoms with Crippen molar-refractivity contribution in [2.45, 2.75) is 57.4 Å². The van der Waals surface area contributed by atoms with Crippen LogP contribution in [0.15, 0.2) is 18.3 Å². The molecule has 2 fully saturated rings. The number of hydrogen-bond donors (Lipinski definition) is 8. The molecule has 1 aromatic heterocycles. The second-order valence-corrected chi connectivity index (χ2v) is 14.4. The third-order valence-electron chi connectivity index (χ3n) is 8.45. The van der Waals surface area contributed by atoms with Gasteiger partial charge in [-0.15, -0.1) is 0 Å². The number of carbonyl (C=O) groups excluding carboxylic acids is 7. The number of halogens is 1. The van der Waals surface area contributed by atoms with E-state index in [4.69, 9.17) is 14.5 Å². The number of aromatic nitrogens is 1. The predicted molar refractivity (Wildman–Crippen MR) is 208 cm³/mol. The molecular weight excluding hydrogens is 868 g/mol. The van der Waals surface area contributed by atoms with E-state index in [-0.39, 0.29) is 61.2 Å². The van der Waals surface area contributed by atoms with Gasteiger partial charge in [0.15, 0.2) is 0 Å². The molecule has 3 rings (SSSR count). The van der Waals surface area contributed by atoms with Crippen LogP contribution in [0.25, 0.3) is 0 Å². The Bertz CT molecular complexity index is 1520. The number of rotatable bonds is 17. The lowest BCUT2D eigenvalue weighted by Crippen LogP contribution is -2.52. The lowest BCUT2D eigenvalue weighted by atomic mass is 9.78. The zero-order valence-corrected chi connectivity index (χ0v) is 34.0. The lowest BCUT2D eigenvalue weighted by Gasteiger charge is -2.27. The number of pyridine rings is 1. The Labute approximate surface area is 343 Å². The number of unbranched alkanes of at least 4 members (excludes halogenated alkanes) is 2. The number of hydrogen-bond acceptors (Lipinski definition) is 19. The molecule has 8 N–H and O–H groups in total. The molecule has 0 radical (unpaired) electrons. The minimum atomic E-state index is -1.65. The molecule has 316 valence electrons. The minimum Gasteiger partial charge on any atom is -0.426 e. The number of carbonyl (C=O) groups is 7. The van der Waals surface area contributed by atoms with E-state index in [0.717, 1.165) is 0 Å². The molecule has 23 nitrogen and oxygen atoms in total. The van der Waals surface area contributed by atoms with Gasteiger partial charge in [0.1, 0.15) is 18.4 Å². The molecule has 1 aromatic rings. The number of nitrogens with one attached hydrogen (secondary N) is 6. The van der Waals surface area contributed by atoms with Gasteiger partial charge in [-0.3, -0.25) is 49.4 Å². The summed E-state index contributed by atoms with van der Waals surface area (Å²) >= 11 is 1.92.